The monoisotopic (exact) mass is 592 g/mol. The van der Waals surface area contributed by atoms with Gasteiger partial charge in [-0.3, -0.25) is 0 Å². The van der Waals surface area contributed by atoms with Crippen LogP contribution in [0.5, 0.6) is 0 Å². The lowest BCUT2D eigenvalue weighted by atomic mass is 10.7. The lowest BCUT2D eigenvalue weighted by molar-refractivity contribution is 0.284. The summed E-state index contributed by atoms with van der Waals surface area (Å²) < 4.78 is 8.75. The van der Waals surface area contributed by atoms with Gasteiger partial charge < -0.3 is 0 Å². The quantitative estimate of drug-likeness (QED) is 0.440. The summed E-state index contributed by atoms with van der Waals surface area (Å²) in [7, 11) is 0. The van der Waals surface area contributed by atoms with Crippen molar-refractivity contribution in [2.24, 2.45) is 0 Å². The van der Waals surface area contributed by atoms with E-state index < -0.39 is 0 Å². The van der Waals surface area contributed by atoms with Gasteiger partial charge in [-0.15, -0.1) is 0 Å². The molecular formula is C10H7I3N6. The molecule has 0 saturated heterocycles. The van der Waals surface area contributed by atoms with Gasteiger partial charge >= 0.3 is 0 Å². The fourth-order valence-corrected chi connectivity index (χ4v) is 2.92. The van der Waals surface area contributed by atoms with Crippen molar-refractivity contribution in [3.05, 3.63) is 47.9 Å². The van der Waals surface area contributed by atoms with Crippen LogP contribution in [0.3, 0.4) is 0 Å². The molecule has 0 spiro atoms. The van der Waals surface area contributed by atoms with Gasteiger partial charge in [-0.2, -0.15) is 15.3 Å². The van der Waals surface area contributed by atoms with Gasteiger partial charge in [-0.1, -0.05) is 0 Å². The predicted octanol–water partition coefficient (Wildman–Crippen LogP) is 2.64. The third-order valence-electron chi connectivity index (χ3n) is 2.42. The van der Waals surface area contributed by atoms with Crippen LogP contribution >= 0.6 is 67.8 Å². The Morgan fingerprint density at radius 3 is 1.21 bits per heavy atom. The topological polar surface area (TPSA) is 53.5 Å². The average molecular weight is 592 g/mol. The fourth-order valence-electron chi connectivity index (χ4n) is 1.69. The van der Waals surface area contributed by atoms with E-state index in [1.165, 1.54) is 0 Å². The van der Waals surface area contributed by atoms with Gasteiger partial charge in [0.25, 0.3) is 0 Å². The molecule has 6 nitrogen and oxygen atoms in total. The normalized spacial score (nSPS) is 11.4. The number of hydrogen-bond acceptors (Lipinski definition) is 3. The van der Waals surface area contributed by atoms with E-state index in [9.17, 15) is 0 Å². The number of hydrogen-bond donors (Lipinski definition) is 0. The van der Waals surface area contributed by atoms with Crippen molar-refractivity contribution in [1.29, 1.82) is 0 Å². The summed E-state index contributed by atoms with van der Waals surface area (Å²) in [6.07, 6.45) is 11.1. The number of nitrogens with zero attached hydrogens (tertiary/aromatic N) is 6. The van der Waals surface area contributed by atoms with E-state index in [0.29, 0.717) is 0 Å². The van der Waals surface area contributed by atoms with E-state index in [1.807, 2.05) is 51.2 Å². The molecule has 0 N–H and O–H groups in total. The minimum atomic E-state index is -0.226. The van der Waals surface area contributed by atoms with Crippen LogP contribution in [0.4, 0.5) is 0 Å². The van der Waals surface area contributed by atoms with Crippen molar-refractivity contribution in [1.82, 2.24) is 29.3 Å². The van der Waals surface area contributed by atoms with Crippen LogP contribution in [0, 0.1) is 10.7 Å². The van der Waals surface area contributed by atoms with Crippen molar-refractivity contribution >= 4 is 67.8 Å². The Labute approximate surface area is 150 Å². The molecule has 0 bridgehead atoms. The molecule has 0 saturated carbocycles. The second kappa shape index (κ2) is 5.67. The maximum atomic E-state index is 4.37. The van der Waals surface area contributed by atoms with E-state index in [0.717, 1.165) is 10.7 Å². The summed E-state index contributed by atoms with van der Waals surface area (Å²) in [6, 6.07) is 0. The minimum Gasteiger partial charge on any atom is -0.226 e. The van der Waals surface area contributed by atoms with E-state index in [2.05, 4.69) is 83.1 Å². The third-order valence-corrected chi connectivity index (χ3v) is 4.09. The van der Waals surface area contributed by atoms with Gasteiger partial charge in [0.1, 0.15) is 0 Å². The maximum Gasteiger partial charge on any atom is 0.238 e. The molecular weight excluding hydrogens is 585 g/mol. The van der Waals surface area contributed by atoms with Gasteiger partial charge in [-0.05, 0) is 67.8 Å². The first kappa shape index (κ1) is 13.8. The molecule has 0 fully saturated rings. The smallest absolute Gasteiger partial charge is 0.226 e. The maximum absolute atomic E-state index is 4.37. The van der Waals surface area contributed by atoms with Crippen LogP contribution < -0.4 is 0 Å². The highest BCUT2D eigenvalue weighted by Gasteiger charge is 2.18. The first-order chi connectivity index (χ1) is 9.13. The van der Waals surface area contributed by atoms with Gasteiger partial charge in [0.2, 0.25) is 6.29 Å². The van der Waals surface area contributed by atoms with Gasteiger partial charge in [0.15, 0.2) is 0 Å². The largest absolute Gasteiger partial charge is 0.238 e. The van der Waals surface area contributed by atoms with E-state index >= 15 is 0 Å². The SMILES string of the molecule is Ic1cnn(C(n2cc(I)cn2)n2cc(I)cn2)c1. The summed E-state index contributed by atoms with van der Waals surface area (Å²) in [6.45, 7) is 0. The lowest BCUT2D eigenvalue weighted by Gasteiger charge is -2.18. The molecule has 0 aromatic carbocycles. The zero-order valence-electron chi connectivity index (χ0n) is 9.36. The molecule has 0 amide bonds. The Morgan fingerprint density at radius 1 is 0.684 bits per heavy atom. The van der Waals surface area contributed by atoms with Crippen molar-refractivity contribution in [2.75, 3.05) is 0 Å². The minimum absolute atomic E-state index is 0.226. The second-order valence-electron chi connectivity index (χ2n) is 3.76. The molecule has 0 aliphatic carbocycles. The summed E-state index contributed by atoms with van der Waals surface area (Å²) in [5, 5.41) is 13.1. The van der Waals surface area contributed by atoms with Crippen LogP contribution in [0.1, 0.15) is 6.29 Å². The van der Waals surface area contributed by atoms with Crippen LogP contribution in [0.25, 0.3) is 0 Å². The highest BCUT2D eigenvalue weighted by Crippen LogP contribution is 2.16. The molecule has 19 heavy (non-hydrogen) atoms. The Bertz CT molecular complexity index is 604. The molecule has 0 aliphatic rings. The zero-order valence-corrected chi connectivity index (χ0v) is 15.8. The van der Waals surface area contributed by atoms with Crippen molar-refractivity contribution in [2.45, 2.75) is 6.29 Å². The molecule has 3 rings (SSSR count). The van der Waals surface area contributed by atoms with Gasteiger partial charge in [0, 0.05) is 18.6 Å². The number of halogens is 3. The predicted molar refractivity (Wildman–Crippen MR) is 94.7 cm³/mol. The molecule has 98 valence electrons. The van der Waals surface area contributed by atoms with Crippen LogP contribution in [0.2, 0.25) is 0 Å². The Kier molecular flexibility index (Phi) is 4.11. The molecule has 3 heterocycles. The Morgan fingerprint density at radius 2 is 1.00 bits per heavy atom. The van der Waals surface area contributed by atoms with Crippen LogP contribution in [-0.2, 0) is 0 Å². The summed E-state index contributed by atoms with van der Waals surface area (Å²) in [4.78, 5) is 0. The molecule has 0 atom stereocenters. The summed E-state index contributed by atoms with van der Waals surface area (Å²) in [5.74, 6) is 0. The zero-order chi connectivity index (χ0) is 13.4. The van der Waals surface area contributed by atoms with Crippen LogP contribution in [0.15, 0.2) is 37.2 Å². The molecule has 9 heteroatoms. The highest BCUT2D eigenvalue weighted by molar-refractivity contribution is 14.1. The lowest BCUT2D eigenvalue weighted by Crippen LogP contribution is -2.27. The van der Waals surface area contributed by atoms with Crippen molar-refractivity contribution in [3.63, 3.8) is 0 Å². The Balaban J connectivity index is 2.10. The van der Waals surface area contributed by atoms with Gasteiger partial charge in [0.05, 0.1) is 29.3 Å². The summed E-state index contributed by atoms with van der Waals surface area (Å²) >= 11 is 6.71. The molecule has 0 radical (unpaired) electrons. The van der Waals surface area contributed by atoms with E-state index in [1.54, 1.807) is 0 Å². The first-order valence-corrected chi connectivity index (χ1v) is 8.46. The average Bonchev–Trinajstić information content (AvgIpc) is 3.05. The van der Waals surface area contributed by atoms with E-state index in [-0.39, 0.29) is 6.29 Å². The van der Waals surface area contributed by atoms with Gasteiger partial charge in [-0.25, -0.2) is 14.0 Å². The molecule has 0 aliphatic heterocycles. The Hall–Kier alpha value is -0.180. The summed E-state index contributed by atoms with van der Waals surface area (Å²) in [5.41, 5.74) is 0. The highest BCUT2D eigenvalue weighted by atomic mass is 127. The molecule has 3 aromatic heterocycles. The molecule has 0 unspecified atom stereocenters. The van der Waals surface area contributed by atoms with Crippen LogP contribution in [-0.4, -0.2) is 29.3 Å². The fraction of sp³-hybridized carbons (Fsp3) is 0.100. The van der Waals surface area contributed by atoms with Crippen molar-refractivity contribution in [3.8, 4) is 0 Å². The number of aromatic nitrogens is 6. The van der Waals surface area contributed by atoms with Crippen molar-refractivity contribution < 1.29 is 0 Å². The standard InChI is InChI=1S/C10H7I3N6/c11-7-1-14-17(4-7)10(18-5-8(12)2-15-18)19-6-9(13)3-16-19/h1-6,10H. The number of rotatable bonds is 3. The van der Waals surface area contributed by atoms with E-state index in [4.69, 9.17) is 0 Å². The second-order valence-corrected chi connectivity index (χ2v) is 7.50. The molecule has 3 aromatic rings. The third kappa shape index (κ3) is 2.96. The first-order valence-electron chi connectivity index (χ1n) is 5.22.